The Labute approximate surface area is 81.3 Å². The van der Waals surface area contributed by atoms with Gasteiger partial charge in [0.1, 0.15) is 0 Å². The third-order valence-electron chi connectivity index (χ3n) is 3.06. The SMILES string of the molecule is CCC(=O)N1CCCC(C(C)C)C1. The van der Waals surface area contributed by atoms with Gasteiger partial charge in [-0.2, -0.15) is 0 Å². The number of carbonyl (C=O) groups is 1. The zero-order valence-corrected chi connectivity index (χ0v) is 9.05. The first kappa shape index (κ1) is 10.6. The average molecular weight is 183 g/mol. The van der Waals surface area contributed by atoms with E-state index in [0.717, 1.165) is 19.0 Å². The lowest BCUT2D eigenvalue weighted by atomic mass is 9.88. The molecule has 13 heavy (non-hydrogen) atoms. The van der Waals surface area contributed by atoms with Crippen molar-refractivity contribution in [2.45, 2.75) is 40.0 Å². The molecule has 1 aliphatic heterocycles. The van der Waals surface area contributed by atoms with Crippen molar-refractivity contribution in [1.82, 2.24) is 4.90 Å². The number of nitrogens with zero attached hydrogens (tertiary/aromatic N) is 1. The van der Waals surface area contributed by atoms with E-state index in [-0.39, 0.29) is 0 Å². The van der Waals surface area contributed by atoms with Gasteiger partial charge in [0.15, 0.2) is 0 Å². The number of likely N-dealkylation sites (tertiary alicyclic amines) is 1. The first-order chi connectivity index (χ1) is 6.15. The van der Waals surface area contributed by atoms with Crippen molar-refractivity contribution < 1.29 is 4.79 Å². The molecule has 0 N–H and O–H groups in total. The van der Waals surface area contributed by atoms with Crippen LogP contribution in [-0.2, 0) is 4.79 Å². The molecule has 0 bridgehead atoms. The summed E-state index contributed by atoms with van der Waals surface area (Å²) in [6.45, 7) is 8.43. The zero-order valence-electron chi connectivity index (χ0n) is 9.05. The number of amides is 1. The van der Waals surface area contributed by atoms with Gasteiger partial charge in [-0.15, -0.1) is 0 Å². The van der Waals surface area contributed by atoms with Crippen molar-refractivity contribution in [1.29, 1.82) is 0 Å². The molecule has 0 spiro atoms. The molecule has 1 atom stereocenters. The molecule has 1 saturated heterocycles. The van der Waals surface area contributed by atoms with E-state index in [9.17, 15) is 4.79 Å². The van der Waals surface area contributed by atoms with Crippen LogP contribution in [0.25, 0.3) is 0 Å². The fraction of sp³-hybridized carbons (Fsp3) is 0.909. The van der Waals surface area contributed by atoms with E-state index < -0.39 is 0 Å². The van der Waals surface area contributed by atoms with E-state index in [4.69, 9.17) is 0 Å². The number of hydrogen-bond acceptors (Lipinski definition) is 1. The summed E-state index contributed by atoms with van der Waals surface area (Å²) in [4.78, 5) is 13.5. The normalized spacial score (nSPS) is 23.7. The van der Waals surface area contributed by atoms with Gasteiger partial charge >= 0.3 is 0 Å². The van der Waals surface area contributed by atoms with Crippen LogP contribution >= 0.6 is 0 Å². The molecule has 76 valence electrons. The summed E-state index contributed by atoms with van der Waals surface area (Å²) >= 11 is 0. The smallest absolute Gasteiger partial charge is 0.222 e. The van der Waals surface area contributed by atoms with Crippen LogP contribution in [0.2, 0.25) is 0 Å². The Kier molecular flexibility index (Phi) is 3.76. The molecule has 0 aromatic carbocycles. The molecule has 0 saturated carbocycles. The van der Waals surface area contributed by atoms with Crippen LogP contribution in [0.1, 0.15) is 40.0 Å². The van der Waals surface area contributed by atoms with Gasteiger partial charge in [0, 0.05) is 19.5 Å². The fourth-order valence-corrected chi connectivity index (χ4v) is 2.00. The maximum absolute atomic E-state index is 11.5. The zero-order chi connectivity index (χ0) is 9.84. The summed E-state index contributed by atoms with van der Waals surface area (Å²) in [6.07, 6.45) is 3.14. The molecule has 0 aromatic rings. The van der Waals surface area contributed by atoms with Crippen LogP contribution in [0.5, 0.6) is 0 Å². The number of hydrogen-bond donors (Lipinski definition) is 0. The van der Waals surface area contributed by atoms with Crippen molar-refractivity contribution in [3.05, 3.63) is 0 Å². The molecule has 1 aliphatic rings. The summed E-state index contributed by atoms with van der Waals surface area (Å²) in [6, 6.07) is 0. The average Bonchev–Trinajstić information content (AvgIpc) is 2.17. The lowest BCUT2D eigenvalue weighted by molar-refractivity contribution is -0.132. The van der Waals surface area contributed by atoms with E-state index in [2.05, 4.69) is 13.8 Å². The third kappa shape index (κ3) is 2.71. The number of carbonyl (C=O) groups excluding carboxylic acids is 1. The molecule has 1 fully saturated rings. The van der Waals surface area contributed by atoms with Gasteiger partial charge < -0.3 is 4.90 Å². The Balaban J connectivity index is 2.46. The van der Waals surface area contributed by atoms with Crippen molar-refractivity contribution in [2.24, 2.45) is 11.8 Å². The lowest BCUT2D eigenvalue weighted by Gasteiger charge is -2.34. The van der Waals surface area contributed by atoms with Crippen LogP contribution in [0.3, 0.4) is 0 Å². The molecular weight excluding hydrogens is 162 g/mol. The van der Waals surface area contributed by atoms with Gasteiger partial charge in [0.2, 0.25) is 5.91 Å². The Bertz CT molecular complexity index is 177. The second-order valence-corrected chi connectivity index (χ2v) is 4.34. The molecular formula is C11H21NO. The van der Waals surface area contributed by atoms with E-state index in [1.165, 1.54) is 12.8 Å². The summed E-state index contributed by atoms with van der Waals surface area (Å²) in [5, 5.41) is 0. The monoisotopic (exact) mass is 183 g/mol. The molecule has 1 amide bonds. The van der Waals surface area contributed by atoms with Gasteiger partial charge in [0.05, 0.1) is 0 Å². The fourth-order valence-electron chi connectivity index (χ4n) is 2.00. The minimum Gasteiger partial charge on any atom is -0.342 e. The summed E-state index contributed by atoms with van der Waals surface area (Å²) < 4.78 is 0. The van der Waals surface area contributed by atoms with Crippen molar-refractivity contribution in [2.75, 3.05) is 13.1 Å². The predicted molar refractivity (Wildman–Crippen MR) is 54.4 cm³/mol. The van der Waals surface area contributed by atoms with Gasteiger partial charge in [-0.05, 0) is 24.7 Å². The van der Waals surface area contributed by atoms with E-state index >= 15 is 0 Å². The summed E-state index contributed by atoms with van der Waals surface area (Å²) in [5.74, 6) is 1.77. The Morgan fingerprint density at radius 2 is 2.23 bits per heavy atom. The van der Waals surface area contributed by atoms with Gasteiger partial charge in [-0.3, -0.25) is 4.79 Å². The molecule has 0 radical (unpaired) electrons. The minimum absolute atomic E-state index is 0.324. The highest BCUT2D eigenvalue weighted by molar-refractivity contribution is 5.75. The van der Waals surface area contributed by atoms with Crippen molar-refractivity contribution in [3.8, 4) is 0 Å². The van der Waals surface area contributed by atoms with Gasteiger partial charge in [-0.25, -0.2) is 0 Å². The van der Waals surface area contributed by atoms with Crippen LogP contribution in [0.15, 0.2) is 0 Å². The quantitative estimate of drug-likeness (QED) is 0.643. The maximum atomic E-state index is 11.5. The highest BCUT2D eigenvalue weighted by atomic mass is 16.2. The summed E-state index contributed by atoms with van der Waals surface area (Å²) in [7, 11) is 0. The van der Waals surface area contributed by atoms with E-state index in [1.807, 2.05) is 11.8 Å². The molecule has 1 rings (SSSR count). The first-order valence-electron chi connectivity index (χ1n) is 5.43. The lowest BCUT2D eigenvalue weighted by Crippen LogP contribution is -2.40. The van der Waals surface area contributed by atoms with Crippen LogP contribution < -0.4 is 0 Å². The molecule has 0 aliphatic carbocycles. The van der Waals surface area contributed by atoms with Crippen LogP contribution in [-0.4, -0.2) is 23.9 Å². The van der Waals surface area contributed by atoms with E-state index in [0.29, 0.717) is 18.2 Å². The van der Waals surface area contributed by atoms with E-state index in [1.54, 1.807) is 0 Å². The second kappa shape index (κ2) is 4.64. The highest BCUT2D eigenvalue weighted by Gasteiger charge is 2.24. The Morgan fingerprint density at radius 1 is 1.54 bits per heavy atom. The Morgan fingerprint density at radius 3 is 2.77 bits per heavy atom. The highest BCUT2D eigenvalue weighted by Crippen LogP contribution is 2.23. The first-order valence-corrected chi connectivity index (χ1v) is 5.43. The molecule has 1 heterocycles. The molecule has 2 heteroatoms. The summed E-state index contributed by atoms with van der Waals surface area (Å²) in [5.41, 5.74) is 0. The van der Waals surface area contributed by atoms with Gasteiger partial charge in [0.25, 0.3) is 0 Å². The van der Waals surface area contributed by atoms with Crippen LogP contribution in [0.4, 0.5) is 0 Å². The third-order valence-corrected chi connectivity index (χ3v) is 3.06. The van der Waals surface area contributed by atoms with Crippen LogP contribution in [0, 0.1) is 11.8 Å². The predicted octanol–water partition coefficient (Wildman–Crippen LogP) is 2.29. The minimum atomic E-state index is 0.324. The van der Waals surface area contributed by atoms with Gasteiger partial charge in [-0.1, -0.05) is 20.8 Å². The topological polar surface area (TPSA) is 20.3 Å². The molecule has 2 nitrogen and oxygen atoms in total. The van der Waals surface area contributed by atoms with Crippen molar-refractivity contribution in [3.63, 3.8) is 0 Å². The molecule has 1 unspecified atom stereocenters. The Hall–Kier alpha value is -0.530. The largest absolute Gasteiger partial charge is 0.342 e. The maximum Gasteiger partial charge on any atom is 0.222 e. The second-order valence-electron chi connectivity index (χ2n) is 4.34. The standard InChI is InChI=1S/C11H21NO/c1-4-11(13)12-7-5-6-10(8-12)9(2)3/h9-10H,4-8H2,1-3H3. The molecule has 0 aromatic heterocycles. The van der Waals surface area contributed by atoms with Crippen molar-refractivity contribution >= 4 is 5.91 Å². The number of rotatable bonds is 2. The number of piperidine rings is 1.